The van der Waals surface area contributed by atoms with Gasteiger partial charge in [0.2, 0.25) is 0 Å². The lowest BCUT2D eigenvalue weighted by atomic mass is 9.98. The first-order chi connectivity index (χ1) is 17.5. The van der Waals surface area contributed by atoms with E-state index in [4.69, 9.17) is 16.3 Å². The van der Waals surface area contributed by atoms with E-state index in [0.717, 1.165) is 6.29 Å². The first-order valence-corrected chi connectivity index (χ1v) is 11.8. The largest absolute Gasteiger partial charge is 0.494 e. The molecule has 3 heterocycles. The minimum absolute atomic E-state index is 0.0123. The number of fused-ring (bicyclic) bond motifs is 1. The molecule has 2 aromatic carbocycles. The molecule has 0 atom stereocenters. The van der Waals surface area contributed by atoms with Crippen LogP contribution in [0.3, 0.4) is 0 Å². The van der Waals surface area contributed by atoms with Crippen molar-refractivity contribution in [3.63, 3.8) is 0 Å². The van der Waals surface area contributed by atoms with Gasteiger partial charge in [-0.15, -0.1) is 0 Å². The topological polar surface area (TPSA) is 88.8 Å². The SMILES string of the molecule is COc1ccc(-c2cnc3c(Nc4ccc(C(=O)N5CCC(C=O)CC5)c(Cl)c4)nccn23)cc1F. The summed E-state index contributed by atoms with van der Waals surface area (Å²) in [6.45, 7) is 1.07. The smallest absolute Gasteiger partial charge is 0.255 e. The number of aromatic nitrogens is 3. The van der Waals surface area contributed by atoms with E-state index in [1.54, 1.807) is 58.2 Å². The van der Waals surface area contributed by atoms with Crippen molar-refractivity contribution in [3.05, 3.63) is 71.4 Å². The molecule has 36 heavy (non-hydrogen) atoms. The maximum atomic E-state index is 14.3. The predicted octanol–water partition coefficient (Wildman–Crippen LogP) is 4.99. The van der Waals surface area contributed by atoms with Crippen LogP contribution in [0.25, 0.3) is 16.9 Å². The van der Waals surface area contributed by atoms with Crippen LogP contribution in [0.2, 0.25) is 5.02 Å². The molecule has 1 saturated heterocycles. The Kier molecular flexibility index (Phi) is 6.56. The molecule has 4 aromatic rings. The van der Waals surface area contributed by atoms with Crippen LogP contribution in [-0.4, -0.2) is 51.7 Å². The lowest BCUT2D eigenvalue weighted by molar-refractivity contribution is -0.112. The van der Waals surface area contributed by atoms with Crippen molar-refractivity contribution in [2.75, 3.05) is 25.5 Å². The molecule has 0 spiro atoms. The summed E-state index contributed by atoms with van der Waals surface area (Å²) in [6, 6.07) is 9.82. The number of imidazole rings is 1. The normalized spacial score (nSPS) is 14.1. The number of nitrogens with one attached hydrogen (secondary N) is 1. The number of hydrogen-bond acceptors (Lipinski definition) is 6. The van der Waals surface area contributed by atoms with Gasteiger partial charge in [-0.25, -0.2) is 14.4 Å². The number of methoxy groups -OCH3 is 1. The second-order valence-electron chi connectivity index (χ2n) is 8.55. The standard InChI is InChI=1S/C26H23ClFN5O3/c1-36-23-5-2-17(12-21(23)28)22-14-30-25-24(29-8-11-33(22)25)31-18-3-4-19(20(27)13-18)26(35)32-9-6-16(15-34)7-10-32/h2-5,8,11-16H,6-7,9-10H2,1H3,(H,29,31). The van der Waals surface area contributed by atoms with Crippen molar-refractivity contribution in [1.29, 1.82) is 0 Å². The fraction of sp³-hybridized carbons (Fsp3) is 0.231. The highest BCUT2D eigenvalue weighted by Gasteiger charge is 2.24. The van der Waals surface area contributed by atoms with Crippen molar-refractivity contribution in [2.24, 2.45) is 5.92 Å². The second-order valence-corrected chi connectivity index (χ2v) is 8.95. The molecule has 1 aliphatic heterocycles. The number of anilines is 2. The van der Waals surface area contributed by atoms with Crippen LogP contribution in [0.15, 0.2) is 55.0 Å². The highest BCUT2D eigenvalue weighted by molar-refractivity contribution is 6.34. The number of rotatable bonds is 6. The maximum Gasteiger partial charge on any atom is 0.255 e. The summed E-state index contributed by atoms with van der Waals surface area (Å²) in [6.07, 6.45) is 7.29. The summed E-state index contributed by atoms with van der Waals surface area (Å²) in [5.41, 5.74) is 2.91. The second kappa shape index (κ2) is 9.94. The number of benzene rings is 2. The Balaban J connectivity index is 1.38. The Bertz CT molecular complexity index is 1450. The van der Waals surface area contributed by atoms with Gasteiger partial charge in [0.25, 0.3) is 5.91 Å². The van der Waals surface area contributed by atoms with E-state index in [2.05, 4.69) is 15.3 Å². The van der Waals surface area contributed by atoms with Gasteiger partial charge in [-0.2, -0.15) is 0 Å². The third-order valence-electron chi connectivity index (χ3n) is 6.36. The van der Waals surface area contributed by atoms with E-state index in [0.29, 0.717) is 64.9 Å². The zero-order valence-corrected chi connectivity index (χ0v) is 20.2. The number of carbonyl (C=O) groups excluding carboxylic acids is 2. The van der Waals surface area contributed by atoms with E-state index >= 15 is 0 Å². The van der Waals surface area contributed by atoms with Crippen molar-refractivity contribution in [1.82, 2.24) is 19.3 Å². The van der Waals surface area contributed by atoms with E-state index in [9.17, 15) is 14.0 Å². The van der Waals surface area contributed by atoms with Crippen LogP contribution in [0.4, 0.5) is 15.9 Å². The molecule has 1 amide bonds. The molecular weight excluding hydrogens is 485 g/mol. The van der Waals surface area contributed by atoms with Gasteiger partial charge in [0.15, 0.2) is 23.0 Å². The van der Waals surface area contributed by atoms with Crippen molar-refractivity contribution in [3.8, 4) is 17.0 Å². The molecule has 0 aliphatic carbocycles. The molecule has 0 saturated carbocycles. The molecule has 8 nitrogen and oxygen atoms in total. The lowest BCUT2D eigenvalue weighted by Gasteiger charge is -2.30. The van der Waals surface area contributed by atoms with Crippen LogP contribution in [0, 0.1) is 11.7 Å². The number of likely N-dealkylation sites (tertiary alicyclic amines) is 1. The maximum absolute atomic E-state index is 14.3. The molecule has 184 valence electrons. The van der Waals surface area contributed by atoms with E-state index in [-0.39, 0.29) is 17.6 Å². The molecule has 10 heteroatoms. The fourth-order valence-corrected chi connectivity index (χ4v) is 4.62. The van der Waals surface area contributed by atoms with Crippen molar-refractivity contribution in [2.45, 2.75) is 12.8 Å². The molecular formula is C26H23ClFN5O3. The summed E-state index contributed by atoms with van der Waals surface area (Å²) < 4.78 is 21.1. The first kappa shape index (κ1) is 23.7. The third kappa shape index (κ3) is 4.49. The average molecular weight is 508 g/mol. The van der Waals surface area contributed by atoms with Gasteiger partial charge >= 0.3 is 0 Å². The molecule has 1 fully saturated rings. The molecule has 1 aliphatic rings. The third-order valence-corrected chi connectivity index (χ3v) is 6.67. The predicted molar refractivity (Wildman–Crippen MR) is 134 cm³/mol. The van der Waals surface area contributed by atoms with E-state index in [1.165, 1.54) is 13.2 Å². The number of carbonyl (C=O) groups is 2. The molecule has 1 N–H and O–H groups in total. The van der Waals surface area contributed by atoms with Crippen molar-refractivity contribution < 1.29 is 18.7 Å². The molecule has 5 rings (SSSR count). The minimum Gasteiger partial charge on any atom is -0.494 e. The molecule has 0 unspecified atom stereocenters. The lowest BCUT2D eigenvalue weighted by Crippen LogP contribution is -2.38. The van der Waals surface area contributed by atoms with Crippen LogP contribution >= 0.6 is 11.6 Å². The minimum atomic E-state index is -0.463. The molecule has 2 aromatic heterocycles. The number of nitrogens with zero attached hydrogens (tertiary/aromatic N) is 4. The van der Waals surface area contributed by atoms with Gasteiger partial charge in [-0.3, -0.25) is 9.20 Å². The Morgan fingerprint density at radius 2 is 2.00 bits per heavy atom. The molecule has 0 bridgehead atoms. The molecule has 0 radical (unpaired) electrons. The summed E-state index contributed by atoms with van der Waals surface area (Å²) in [4.78, 5) is 34.5. The van der Waals surface area contributed by atoms with Gasteiger partial charge in [-0.05, 0) is 49.2 Å². The zero-order valence-electron chi connectivity index (χ0n) is 19.4. The zero-order chi connectivity index (χ0) is 25.2. The van der Waals surface area contributed by atoms with E-state index < -0.39 is 5.82 Å². The quantitative estimate of drug-likeness (QED) is 0.370. The Labute approximate surface area is 211 Å². The van der Waals surface area contributed by atoms with Gasteiger partial charge in [0.05, 0.1) is 29.6 Å². The summed E-state index contributed by atoms with van der Waals surface area (Å²) in [5, 5.41) is 3.52. The Morgan fingerprint density at radius 3 is 2.69 bits per heavy atom. The van der Waals surface area contributed by atoms with Gasteiger partial charge < -0.3 is 19.7 Å². The average Bonchev–Trinajstić information content (AvgIpc) is 3.34. The highest BCUT2D eigenvalue weighted by atomic mass is 35.5. The fourth-order valence-electron chi connectivity index (χ4n) is 4.36. The first-order valence-electron chi connectivity index (χ1n) is 11.5. The number of aldehydes is 1. The summed E-state index contributed by atoms with van der Waals surface area (Å²) in [5.74, 6) is 0.0402. The van der Waals surface area contributed by atoms with Crippen LogP contribution in [0.5, 0.6) is 5.75 Å². The van der Waals surface area contributed by atoms with Crippen molar-refractivity contribution >= 4 is 40.9 Å². The van der Waals surface area contributed by atoms with Gasteiger partial charge in [0.1, 0.15) is 6.29 Å². The summed E-state index contributed by atoms with van der Waals surface area (Å²) in [7, 11) is 1.42. The number of ether oxygens (including phenoxy) is 1. The number of piperidine rings is 1. The van der Waals surface area contributed by atoms with Crippen LogP contribution in [-0.2, 0) is 4.79 Å². The Hall–Kier alpha value is -3.98. The van der Waals surface area contributed by atoms with Crippen LogP contribution in [0.1, 0.15) is 23.2 Å². The monoisotopic (exact) mass is 507 g/mol. The number of halogens is 2. The number of amides is 1. The Morgan fingerprint density at radius 1 is 1.19 bits per heavy atom. The van der Waals surface area contributed by atoms with Gasteiger partial charge in [-0.1, -0.05) is 11.6 Å². The highest BCUT2D eigenvalue weighted by Crippen LogP contribution is 2.30. The summed E-state index contributed by atoms with van der Waals surface area (Å²) >= 11 is 6.48. The van der Waals surface area contributed by atoms with E-state index in [1.807, 2.05) is 0 Å². The van der Waals surface area contributed by atoms with Gasteiger partial charge in [0, 0.05) is 42.7 Å². The van der Waals surface area contributed by atoms with Crippen LogP contribution < -0.4 is 10.1 Å². The number of hydrogen-bond donors (Lipinski definition) is 1.